The van der Waals surface area contributed by atoms with Crippen LogP contribution in [0.5, 0.6) is 0 Å². The highest BCUT2D eigenvalue weighted by Crippen LogP contribution is 2.22. The van der Waals surface area contributed by atoms with E-state index in [1.165, 1.54) is 11.8 Å². The number of nitrogens with zero attached hydrogens (tertiary/aromatic N) is 2. The Morgan fingerprint density at radius 3 is 2.75 bits per heavy atom. The van der Waals surface area contributed by atoms with E-state index >= 15 is 0 Å². The van der Waals surface area contributed by atoms with Crippen LogP contribution in [0.2, 0.25) is 0 Å². The number of nitrogens with one attached hydrogen (secondary N) is 1. The van der Waals surface area contributed by atoms with Crippen LogP contribution in [0.25, 0.3) is 11.3 Å². The lowest BCUT2D eigenvalue weighted by atomic mass is 10.1. The fraction of sp³-hybridized carbons (Fsp3) is 0.133. The molecule has 0 atom stereocenters. The highest BCUT2D eigenvalue weighted by Gasteiger charge is 2.13. The van der Waals surface area contributed by atoms with Gasteiger partial charge in [0.05, 0.1) is 5.69 Å². The Bertz CT molecular complexity index is 726. The van der Waals surface area contributed by atoms with Crippen LogP contribution in [0, 0.1) is 18.3 Å². The maximum absolute atomic E-state index is 11.9. The molecule has 2 aromatic rings. The first-order chi connectivity index (χ1) is 9.65. The van der Waals surface area contributed by atoms with Gasteiger partial charge in [-0.3, -0.25) is 4.79 Å². The van der Waals surface area contributed by atoms with Crippen LogP contribution >= 0.6 is 11.8 Å². The van der Waals surface area contributed by atoms with Crippen LogP contribution in [-0.4, -0.2) is 15.7 Å². The Morgan fingerprint density at radius 1 is 1.45 bits per heavy atom. The molecule has 0 aliphatic carbocycles. The van der Waals surface area contributed by atoms with Crippen molar-refractivity contribution in [2.75, 3.05) is 5.75 Å². The predicted octanol–water partition coefficient (Wildman–Crippen LogP) is 2.90. The largest absolute Gasteiger partial charge is 0.300 e. The fourth-order valence-electron chi connectivity index (χ4n) is 1.68. The third-order valence-corrected chi connectivity index (χ3v) is 3.54. The van der Waals surface area contributed by atoms with Crippen LogP contribution in [0.1, 0.15) is 11.1 Å². The van der Waals surface area contributed by atoms with E-state index in [2.05, 4.69) is 16.5 Å². The second kappa shape index (κ2) is 6.22. The van der Waals surface area contributed by atoms with Crippen LogP contribution in [-0.2, 0) is 0 Å². The minimum Gasteiger partial charge on any atom is -0.300 e. The molecule has 4 nitrogen and oxygen atoms in total. The molecular formula is C15H13N3OS. The van der Waals surface area contributed by atoms with Crippen molar-refractivity contribution in [3.8, 4) is 17.3 Å². The van der Waals surface area contributed by atoms with Gasteiger partial charge in [-0.05, 0) is 6.92 Å². The van der Waals surface area contributed by atoms with E-state index in [0.29, 0.717) is 16.6 Å². The van der Waals surface area contributed by atoms with Crippen molar-refractivity contribution in [3.05, 3.63) is 58.4 Å². The monoisotopic (exact) mass is 283 g/mol. The summed E-state index contributed by atoms with van der Waals surface area (Å²) in [6.07, 6.45) is 1.73. The molecule has 0 saturated heterocycles. The molecule has 100 valence electrons. The lowest BCUT2D eigenvalue weighted by molar-refractivity contribution is 0.936. The van der Waals surface area contributed by atoms with Crippen molar-refractivity contribution in [1.82, 2.24) is 9.97 Å². The number of aryl methyl sites for hydroxylation is 1. The number of nitriles is 1. The summed E-state index contributed by atoms with van der Waals surface area (Å²) in [6, 6.07) is 9.50. The van der Waals surface area contributed by atoms with Crippen LogP contribution < -0.4 is 5.56 Å². The average molecular weight is 283 g/mol. The minimum absolute atomic E-state index is 0.0387. The van der Waals surface area contributed by atoms with E-state index in [4.69, 9.17) is 5.26 Å². The van der Waals surface area contributed by atoms with E-state index in [0.717, 1.165) is 11.1 Å². The summed E-state index contributed by atoms with van der Waals surface area (Å²) in [6.45, 7) is 5.61. The van der Waals surface area contributed by atoms with Gasteiger partial charge in [0.1, 0.15) is 11.6 Å². The molecule has 0 aliphatic rings. The molecule has 1 aromatic carbocycles. The number of benzene rings is 1. The average Bonchev–Trinajstić information content (AvgIpc) is 2.45. The van der Waals surface area contributed by atoms with Crippen molar-refractivity contribution in [3.63, 3.8) is 0 Å². The third kappa shape index (κ3) is 2.98. The zero-order valence-corrected chi connectivity index (χ0v) is 11.8. The number of hydrogen-bond donors (Lipinski definition) is 1. The van der Waals surface area contributed by atoms with Crippen molar-refractivity contribution in [1.29, 1.82) is 5.26 Å². The Labute approximate surface area is 121 Å². The molecule has 0 radical (unpaired) electrons. The Morgan fingerprint density at radius 2 is 2.15 bits per heavy atom. The van der Waals surface area contributed by atoms with Gasteiger partial charge in [0.25, 0.3) is 5.56 Å². The lowest BCUT2D eigenvalue weighted by Gasteiger charge is -2.06. The number of hydrogen-bond acceptors (Lipinski definition) is 4. The van der Waals surface area contributed by atoms with Gasteiger partial charge < -0.3 is 4.98 Å². The normalized spacial score (nSPS) is 10.0. The van der Waals surface area contributed by atoms with E-state index in [1.807, 2.05) is 37.3 Å². The van der Waals surface area contributed by atoms with Crippen LogP contribution in [0.15, 0.2) is 46.9 Å². The van der Waals surface area contributed by atoms with Crippen molar-refractivity contribution < 1.29 is 0 Å². The SMILES string of the molecule is C=CCSc1nc(-c2ccc(C)cc2)c(C#N)c(=O)[nH]1. The van der Waals surface area contributed by atoms with Crippen molar-refractivity contribution in [2.24, 2.45) is 0 Å². The smallest absolute Gasteiger partial charge is 0.270 e. The molecule has 1 heterocycles. The summed E-state index contributed by atoms with van der Waals surface area (Å²) in [4.78, 5) is 18.9. The zero-order chi connectivity index (χ0) is 14.5. The molecule has 0 unspecified atom stereocenters. The first-order valence-corrected chi connectivity index (χ1v) is 6.99. The van der Waals surface area contributed by atoms with Gasteiger partial charge in [0, 0.05) is 11.3 Å². The molecular weight excluding hydrogens is 270 g/mol. The predicted molar refractivity (Wildman–Crippen MR) is 80.7 cm³/mol. The minimum atomic E-state index is -0.412. The summed E-state index contributed by atoms with van der Waals surface area (Å²) in [7, 11) is 0. The zero-order valence-electron chi connectivity index (χ0n) is 11.0. The topological polar surface area (TPSA) is 69.5 Å². The summed E-state index contributed by atoms with van der Waals surface area (Å²) in [5.74, 6) is 0.641. The molecule has 0 bridgehead atoms. The quantitative estimate of drug-likeness (QED) is 0.532. The van der Waals surface area contributed by atoms with Gasteiger partial charge in [0.2, 0.25) is 0 Å². The highest BCUT2D eigenvalue weighted by atomic mass is 32.2. The number of H-pyrrole nitrogens is 1. The van der Waals surface area contributed by atoms with E-state index in [-0.39, 0.29) is 5.56 Å². The second-order valence-electron chi connectivity index (χ2n) is 4.17. The molecule has 0 spiro atoms. The first-order valence-electron chi connectivity index (χ1n) is 6.01. The van der Waals surface area contributed by atoms with Gasteiger partial charge in [-0.1, -0.05) is 47.7 Å². The standard InChI is InChI=1S/C15H13N3OS/c1-3-8-20-15-17-13(12(9-16)14(19)18-15)11-6-4-10(2)5-7-11/h3-7H,1,8H2,2H3,(H,17,18,19). The summed E-state index contributed by atoms with van der Waals surface area (Å²) < 4.78 is 0. The molecule has 1 N–H and O–H groups in total. The molecule has 5 heteroatoms. The van der Waals surface area contributed by atoms with Crippen molar-refractivity contribution >= 4 is 11.8 Å². The molecule has 0 saturated carbocycles. The molecule has 2 rings (SSSR count). The summed E-state index contributed by atoms with van der Waals surface area (Å²) in [5, 5.41) is 9.64. The van der Waals surface area contributed by atoms with E-state index in [9.17, 15) is 4.79 Å². The molecule has 0 amide bonds. The molecule has 1 aromatic heterocycles. The molecule has 0 aliphatic heterocycles. The lowest BCUT2D eigenvalue weighted by Crippen LogP contribution is -2.14. The maximum atomic E-state index is 11.9. The van der Waals surface area contributed by atoms with Gasteiger partial charge in [-0.15, -0.1) is 6.58 Å². The number of aromatic nitrogens is 2. The van der Waals surface area contributed by atoms with Gasteiger partial charge >= 0.3 is 0 Å². The Hall–Kier alpha value is -2.32. The highest BCUT2D eigenvalue weighted by molar-refractivity contribution is 7.99. The summed E-state index contributed by atoms with van der Waals surface area (Å²) >= 11 is 1.37. The number of aromatic amines is 1. The third-order valence-electron chi connectivity index (χ3n) is 2.67. The fourth-order valence-corrected chi connectivity index (χ4v) is 2.28. The molecule has 0 fully saturated rings. The Balaban J connectivity index is 2.57. The summed E-state index contributed by atoms with van der Waals surface area (Å²) in [5.41, 5.74) is 1.92. The Kier molecular flexibility index (Phi) is 4.38. The van der Waals surface area contributed by atoms with E-state index in [1.54, 1.807) is 6.08 Å². The van der Waals surface area contributed by atoms with Crippen molar-refractivity contribution in [2.45, 2.75) is 12.1 Å². The van der Waals surface area contributed by atoms with Crippen LogP contribution in [0.4, 0.5) is 0 Å². The van der Waals surface area contributed by atoms with Crippen LogP contribution in [0.3, 0.4) is 0 Å². The number of rotatable bonds is 4. The molecule has 20 heavy (non-hydrogen) atoms. The van der Waals surface area contributed by atoms with Gasteiger partial charge in [0.15, 0.2) is 5.16 Å². The van der Waals surface area contributed by atoms with Gasteiger partial charge in [-0.25, -0.2) is 4.98 Å². The van der Waals surface area contributed by atoms with E-state index < -0.39 is 5.56 Å². The number of thioether (sulfide) groups is 1. The first kappa shape index (κ1) is 14.1. The van der Waals surface area contributed by atoms with Gasteiger partial charge in [-0.2, -0.15) is 5.26 Å². The maximum Gasteiger partial charge on any atom is 0.270 e. The second-order valence-corrected chi connectivity index (χ2v) is 5.18.